The van der Waals surface area contributed by atoms with Crippen LogP contribution in [0.4, 0.5) is 0 Å². The number of halogens is 1. The molecule has 0 saturated heterocycles. The van der Waals surface area contributed by atoms with Gasteiger partial charge in [-0.3, -0.25) is 0 Å². The van der Waals surface area contributed by atoms with Crippen LogP contribution in [-0.4, -0.2) is 9.55 Å². The predicted octanol–water partition coefficient (Wildman–Crippen LogP) is 4.76. The minimum atomic E-state index is 0.445. The van der Waals surface area contributed by atoms with Gasteiger partial charge in [0.05, 0.1) is 23.5 Å². The van der Waals surface area contributed by atoms with Crippen LogP contribution < -0.4 is 0 Å². The Morgan fingerprint density at radius 3 is 2.90 bits per heavy atom. The molecule has 0 bridgehead atoms. The van der Waals surface area contributed by atoms with Gasteiger partial charge in [-0.2, -0.15) is 0 Å². The number of nitrogens with zero attached hydrogens (tertiary/aromatic N) is 2. The molecule has 2 heterocycles. The molecule has 2 nitrogen and oxygen atoms in total. The van der Waals surface area contributed by atoms with Gasteiger partial charge in [-0.15, -0.1) is 22.9 Å². The van der Waals surface area contributed by atoms with Gasteiger partial charge in [0.2, 0.25) is 0 Å². The van der Waals surface area contributed by atoms with Gasteiger partial charge >= 0.3 is 0 Å². The van der Waals surface area contributed by atoms with Gasteiger partial charge in [-0.1, -0.05) is 13.0 Å². The lowest BCUT2D eigenvalue weighted by Crippen LogP contribution is -2.04. The van der Waals surface area contributed by atoms with Crippen LogP contribution in [-0.2, 0) is 18.8 Å². The average Bonchev–Trinajstić information content (AvgIpc) is 3.03. The molecule has 0 unspecified atom stereocenters. The summed E-state index contributed by atoms with van der Waals surface area (Å²) in [5.41, 5.74) is 4.86. The summed E-state index contributed by atoms with van der Waals surface area (Å²) >= 11 is 7.89. The number of fused-ring (bicyclic) bond motifs is 1. The summed E-state index contributed by atoms with van der Waals surface area (Å²) in [6.45, 7) is 5.15. The number of aromatic nitrogens is 2. The minimum absolute atomic E-state index is 0.445. The normalized spacial score (nSPS) is 11.3. The minimum Gasteiger partial charge on any atom is -0.322 e. The zero-order valence-electron chi connectivity index (χ0n) is 11.7. The highest BCUT2D eigenvalue weighted by Crippen LogP contribution is 2.24. The summed E-state index contributed by atoms with van der Waals surface area (Å²) in [4.78, 5) is 6.07. The van der Waals surface area contributed by atoms with Crippen LogP contribution in [0.25, 0.3) is 11.0 Å². The molecule has 0 radical (unpaired) electrons. The standard InChI is InChI=1S/C16H17ClN2S/c1-3-12-6-7-20-15(12)10-19-14-5-4-11(2)8-13(14)18-16(19)9-17/h4-8H,3,9-10H2,1-2H3. The first-order chi connectivity index (χ1) is 9.72. The van der Waals surface area contributed by atoms with E-state index in [4.69, 9.17) is 11.6 Å². The first-order valence-electron chi connectivity index (χ1n) is 6.80. The molecule has 1 aromatic carbocycles. The van der Waals surface area contributed by atoms with E-state index in [-0.39, 0.29) is 0 Å². The van der Waals surface area contributed by atoms with Gasteiger partial charge in [-0.25, -0.2) is 4.98 Å². The summed E-state index contributed by atoms with van der Waals surface area (Å²) in [7, 11) is 0. The fourth-order valence-corrected chi connectivity index (χ4v) is 3.70. The van der Waals surface area contributed by atoms with Crippen LogP contribution >= 0.6 is 22.9 Å². The molecule has 0 amide bonds. The number of thiophene rings is 1. The van der Waals surface area contributed by atoms with Crippen molar-refractivity contribution in [2.75, 3.05) is 0 Å². The van der Waals surface area contributed by atoms with Crippen molar-refractivity contribution in [1.82, 2.24) is 9.55 Å². The quantitative estimate of drug-likeness (QED) is 0.636. The Morgan fingerprint density at radius 1 is 1.30 bits per heavy atom. The summed E-state index contributed by atoms with van der Waals surface area (Å²) < 4.78 is 2.24. The van der Waals surface area contributed by atoms with E-state index in [2.05, 4.69) is 53.0 Å². The summed E-state index contributed by atoms with van der Waals surface area (Å²) in [5.74, 6) is 1.39. The zero-order chi connectivity index (χ0) is 14.1. The number of hydrogen-bond donors (Lipinski definition) is 0. The first kappa shape index (κ1) is 13.7. The zero-order valence-corrected chi connectivity index (χ0v) is 13.3. The number of alkyl halides is 1. The molecule has 3 aromatic rings. The van der Waals surface area contributed by atoms with E-state index in [1.165, 1.54) is 21.5 Å². The van der Waals surface area contributed by atoms with E-state index < -0.39 is 0 Å². The maximum atomic E-state index is 6.08. The summed E-state index contributed by atoms with van der Waals surface area (Å²) in [6, 6.07) is 8.61. The fourth-order valence-electron chi connectivity index (χ4n) is 2.53. The molecular formula is C16H17ClN2S. The molecular weight excluding hydrogens is 288 g/mol. The van der Waals surface area contributed by atoms with Crippen LogP contribution in [0, 0.1) is 6.92 Å². The smallest absolute Gasteiger partial charge is 0.125 e. The Balaban J connectivity index is 2.10. The number of hydrogen-bond acceptors (Lipinski definition) is 2. The molecule has 0 aliphatic rings. The van der Waals surface area contributed by atoms with Crippen LogP contribution in [0.5, 0.6) is 0 Å². The molecule has 0 aliphatic heterocycles. The number of benzene rings is 1. The van der Waals surface area contributed by atoms with Crippen LogP contribution in [0.1, 0.15) is 28.8 Å². The predicted molar refractivity (Wildman–Crippen MR) is 86.8 cm³/mol. The highest BCUT2D eigenvalue weighted by molar-refractivity contribution is 7.10. The first-order valence-corrected chi connectivity index (χ1v) is 8.21. The van der Waals surface area contributed by atoms with E-state index in [0.29, 0.717) is 5.88 Å². The van der Waals surface area contributed by atoms with Crippen molar-refractivity contribution in [2.45, 2.75) is 32.7 Å². The third-order valence-electron chi connectivity index (χ3n) is 3.62. The van der Waals surface area contributed by atoms with E-state index in [1.807, 2.05) is 11.3 Å². The number of imidazole rings is 1. The van der Waals surface area contributed by atoms with Gasteiger partial charge in [0.15, 0.2) is 0 Å². The molecule has 2 aromatic heterocycles. The third kappa shape index (κ3) is 2.36. The van der Waals surface area contributed by atoms with Crippen LogP contribution in [0.3, 0.4) is 0 Å². The molecule has 0 fully saturated rings. The van der Waals surface area contributed by atoms with E-state index >= 15 is 0 Å². The lowest BCUT2D eigenvalue weighted by Gasteiger charge is -2.08. The molecule has 0 N–H and O–H groups in total. The van der Waals surface area contributed by atoms with E-state index in [9.17, 15) is 0 Å². The van der Waals surface area contributed by atoms with Gasteiger partial charge in [0, 0.05) is 4.88 Å². The lowest BCUT2D eigenvalue weighted by molar-refractivity contribution is 0.782. The van der Waals surface area contributed by atoms with Crippen LogP contribution in [0.2, 0.25) is 0 Å². The van der Waals surface area contributed by atoms with Crippen molar-refractivity contribution in [1.29, 1.82) is 0 Å². The average molecular weight is 305 g/mol. The van der Waals surface area contributed by atoms with Crippen molar-refractivity contribution >= 4 is 34.0 Å². The van der Waals surface area contributed by atoms with Gasteiger partial charge in [0.1, 0.15) is 5.82 Å². The molecule has 0 atom stereocenters. The molecule has 104 valence electrons. The van der Waals surface area contributed by atoms with Crippen molar-refractivity contribution in [2.24, 2.45) is 0 Å². The Hall–Kier alpha value is -1.32. The van der Waals surface area contributed by atoms with E-state index in [0.717, 1.165) is 24.3 Å². The Bertz CT molecular complexity index is 742. The monoisotopic (exact) mass is 304 g/mol. The van der Waals surface area contributed by atoms with Crippen LogP contribution in [0.15, 0.2) is 29.6 Å². The van der Waals surface area contributed by atoms with Crippen molar-refractivity contribution in [3.8, 4) is 0 Å². The Morgan fingerprint density at radius 2 is 2.15 bits per heavy atom. The molecule has 3 rings (SSSR count). The van der Waals surface area contributed by atoms with Crippen molar-refractivity contribution in [3.63, 3.8) is 0 Å². The topological polar surface area (TPSA) is 17.8 Å². The van der Waals surface area contributed by atoms with Gasteiger partial charge in [-0.05, 0) is 48.1 Å². The maximum absolute atomic E-state index is 6.08. The number of rotatable bonds is 4. The Labute approximate surface area is 128 Å². The Kier molecular flexibility index (Phi) is 3.81. The second-order valence-electron chi connectivity index (χ2n) is 4.96. The van der Waals surface area contributed by atoms with Gasteiger partial charge < -0.3 is 4.57 Å². The number of aryl methyl sites for hydroxylation is 2. The second kappa shape index (κ2) is 5.58. The fraction of sp³-hybridized carbons (Fsp3) is 0.312. The SMILES string of the molecule is CCc1ccsc1Cn1c(CCl)nc2cc(C)ccc21. The molecule has 0 spiro atoms. The summed E-state index contributed by atoms with van der Waals surface area (Å²) in [5, 5.41) is 2.16. The molecule has 0 saturated carbocycles. The summed E-state index contributed by atoms with van der Waals surface area (Å²) in [6.07, 6.45) is 1.07. The van der Waals surface area contributed by atoms with Crippen molar-refractivity contribution in [3.05, 3.63) is 51.5 Å². The maximum Gasteiger partial charge on any atom is 0.125 e. The van der Waals surface area contributed by atoms with Crippen molar-refractivity contribution < 1.29 is 0 Å². The lowest BCUT2D eigenvalue weighted by atomic mass is 10.2. The van der Waals surface area contributed by atoms with Gasteiger partial charge in [0.25, 0.3) is 0 Å². The molecule has 4 heteroatoms. The second-order valence-corrected chi connectivity index (χ2v) is 6.23. The van der Waals surface area contributed by atoms with E-state index in [1.54, 1.807) is 0 Å². The third-order valence-corrected chi connectivity index (χ3v) is 4.81. The molecule has 20 heavy (non-hydrogen) atoms. The largest absolute Gasteiger partial charge is 0.322 e. The highest BCUT2D eigenvalue weighted by atomic mass is 35.5. The highest BCUT2D eigenvalue weighted by Gasteiger charge is 2.12. The molecule has 0 aliphatic carbocycles.